The predicted octanol–water partition coefficient (Wildman–Crippen LogP) is 3.44. The van der Waals surface area contributed by atoms with E-state index in [4.69, 9.17) is 28.9 Å². The van der Waals surface area contributed by atoms with E-state index in [1.54, 1.807) is 24.5 Å². The van der Waals surface area contributed by atoms with Gasteiger partial charge in [0.2, 0.25) is 0 Å². The number of aromatic nitrogens is 2. The third-order valence-electron chi connectivity index (χ3n) is 2.21. The van der Waals surface area contributed by atoms with E-state index in [1.807, 2.05) is 6.07 Å². The molecule has 0 spiro atoms. The van der Waals surface area contributed by atoms with Crippen LogP contribution in [0, 0.1) is 0 Å². The van der Waals surface area contributed by atoms with E-state index >= 15 is 0 Å². The Kier molecular flexibility index (Phi) is 4.83. The Hall–Kier alpha value is -0.810. The Labute approximate surface area is 120 Å². The molecule has 1 aromatic carbocycles. The number of hydrogen-bond acceptors (Lipinski definition) is 4. The molecule has 2 rings (SSSR count). The number of nitrogens with zero attached hydrogens (tertiary/aromatic N) is 2. The van der Waals surface area contributed by atoms with Gasteiger partial charge in [0.1, 0.15) is 0 Å². The maximum atomic E-state index is 5.95. The molecule has 2 aromatic rings. The summed E-state index contributed by atoms with van der Waals surface area (Å²) in [6, 6.07) is 5.44. The van der Waals surface area contributed by atoms with Gasteiger partial charge in [-0.2, -0.15) is 0 Å². The second kappa shape index (κ2) is 6.38. The van der Waals surface area contributed by atoms with Crippen LogP contribution in [0.25, 0.3) is 0 Å². The van der Waals surface area contributed by atoms with Crippen LogP contribution in [0.15, 0.2) is 40.6 Å². The minimum atomic E-state index is 0.529. The molecule has 0 amide bonds. The predicted molar refractivity (Wildman–Crippen MR) is 75.4 cm³/mol. The Morgan fingerprint density at radius 3 is 2.44 bits per heavy atom. The molecule has 0 bridgehead atoms. The average Bonchev–Trinajstić information content (AvgIpc) is 2.37. The maximum Gasteiger partial charge on any atom is 0.192 e. The third-order valence-corrected chi connectivity index (χ3v) is 3.84. The standard InChI is InChI=1S/C12H11Cl2N3S/c13-10-2-1-9(5-11(10)14)18-12-16-6-8(3-4-15)7-17-12/h1-2,5-7H,3-4,15H2. The van der Waals surface area contributed by atoms with Crippen LogP contribution in [0.5, 0.6) is 0 Å². The first-order chi connectivity index (χ1) is 8.69. The lowest BCUT2D eigenvalue weighted by Gasteiger charge is -2.03. The van der Waals surface area contributed by atoms with Crippen molar-refractivity contribution < 1.29 is 0 Å². The molecular weight excluding hydrogens is 289 g/mol. The smallest absolute Gasteiger partial charge is 0.192 e. The fourth-order valence-electron chi connectivity index (χ4n) is 1.34. The minimum Gasteiger partial charge on any atom is -0.330 e. The van der Waals surface area contributed by atoms with Crippen molar-refractivity contribution in [3.8, 4) is 0 Å². The Bertz CT molecular complexity index is 531. The number of halogens is 2. The highest BCUT2D eigenvalue weighted by atomic mass is 35.5. The summed E-state index contributed by atoms with van der Waals surface area (Å²) in [5.41, 5.74) is 6.50. The summed E-state index contributed by atoms with van der Waals surface area (Å²) >= 11 is 13.2. The van der Waals surface area contributed by atoms with Gasteiger partial charge in [-0.3, -0.25) is 0 Å². The van der Waals surface area contributed by atoms with E-state index in [9.17, 15) is 0 Å². The average molecular weight is 300 g/mol. The summed E-state index contributed by atoms with van der Waals surface area (Å²) in [7, 11) is 0. The van der Waals surface area contributed by atoms with Crippen molar-refractivity contribution in [1.29, 1.82) is 0 Å². The topological polar surface area (TPSA) is 51.8 Å². The van der Waals surface area contributed by atoms with Crippen molar-refractivity contribution >= 4 is 35.0 Å². The maximum absolute atomic E-state index is 5.95. The van der Waals surface area contributed by atoms with E-state index in [2.05, 4.69) is 9.97 Å². The first-order valence-electron chi connectivity index (χ1n) is 5.33. The van der Waals surface area contributed by atoms with Gasteiger partial charge in [0.05, 0.1) is 10.0 Å². The molecular formula is C12H11Cl2N3S. The number of rotatable bonds is 4. The van der Waals surface area contributed by atoms with E-state index in [0.29, 0.717) is 21.7 Å². The lowest BCUT2D eigenvalue weighted by molar-refractivity contribution is 0.890. The molecule has 94 valence electrons. The van der Waals surface area contributed by atoms with Crippen LogP contribution in [0.2, 0.25) is 10.0 Å². The molecule has 3 nitrogen and oxygen atoms in total. The Morgan fingerprint density at radius 2 is 1.83 bits per heavy atom. The fraction of sp³-hybridized carbons (Fsp3) is 0.167. The number of hydrogen-bond donors (Lipinski definition) is 1. The lowest BCUT2D eigenvalue weighted by atomic mass is 10.2. The minimum absolute atomic E-state index is 0.529. The van der Waals surface area contributed by atoms with Crippen molar-refractivity contribution in [2.24, 2.45) is 5.73 Å². The normalized spacial score (nSPS) is 10.6. The van der Waals surface area contributed by atoms with Gasteiger partial charge in [-0.15, -0.1) is 0 Å². The Morgan fingerprint density at radius 1 is 1.11 bits per heavy atom. The molecule has 0 aliphatic heterocycles. The van der Waals surface area contributed by atoms with Crippen LogP contribution in [0.3, 0.4) is 0 Å². The van der Waals surface area contributed by atoms with Crippen LogP contribution in [0.1, 0.15) is 5.56 Å². The van der Waals surface area contributed by atoms with Crippen LogP contribution < -0.4 is 5.73 Å². The molecule has 0 unspecified atom stereocenters. The highest BCUT2D eigenvalue weighted by molar-refractivity contribution is 7.99. The molecule has 1 heterocycles. The van der Waals surface area contributed by atoms with Gasteiger partial charge < -0.3 is 5.73 Å². The number of nitrogens with two attached hydrogens (primary N) is 1. The zero-order valence-corrected chi connectivity index (χ0v) is 11.8. The fourth-order valence-corrected chi connectivity index (χ4v) is 2.43. The van der Waals surface area contributed by atoms with Gasteiger partial charge in [0, 0.05) is 17.3 Å². The van der Waals surface area contributed by atoms with Gasteiger partial charge in [0.15, 0.2) is 5.16 Å². The summed E-state index contributed by atoms with van der Waals surface area (Å²) in [5.74, 6) is 0. The quantitative estimate of drug-likeness (QED) is 0.879. The molecule has 0 saturated heterocycles. The van der Waals surface area contributed by atoms with Gasteiger partial charge in [-0.1, -0.05) is 23.2 Å². The molecule has 6 heteroatoms. The van der Waals surface area contributed by atoms with Crippen LogP contribution >= 0.6 is 35.0 Å². The molecule has 0 aliphatic rings. The van der Waals surface area contributed by atoms with E-state index in [-0.39, 0.29) is 0 Å². The summed E-state index contributed by atoms with van der Waals surface area (Å²) in [6.07, 6.45) is 4.37. The molecule has 1 aromatic heterocycles. The van der Waals surface area contributed by atoms with Crippen LogP contribution in [-0.4, -0.2) is 16.5 Å². The highest BCUT2D eigenvalue weighted by Crippen LogP contribution is 2.30. The largest absolute Gasteiger partial charge is 0.330 e. The van der Waals surface area contributed by atoms with Crippen molar-refractivity contribution in [2.45, 2.75) is 16.5 Å². The van der Waals surface area contributed by atoms with Gasteiger partial charge >= 0.3 is 0 Å². The molecule has 0 saturated carbocycles. The van der Waals surface area contributed by atoms with Crippen LogP contribution in [0.4, 0.5) is 0 Å². The molecule has 0 atom stereocenters. The van der Waals surface area contributed by atoms with Gasteiger partial charge in [-0.05, 0) is 48.5 Å². The van der Waals surface area contributed by atoms with Crippen molar-refractivity contribution in [2.75, 3.05) is 6.54 Å². The molecule has 2 N–H and O–H groups in total. The SMILES string of the molecule is NCCc1cnc(Sc2ccc(Cl)c(Cl)c2)nc1. The second-order valence-corrected chi connectivity index (χ2v) is 5.45. The third kappa shape index (κ3) is 3.59. The zero-order chi connectivity index (χ0) is 13.0. The van der Waals surface area contributed by atoms with E-state index < -0.39 is 0 Å². The highest BCUT2D eigenvalue weighted by Gasteiger charge is 2.04. The van der Waals surface area contributed by atoms with E-state index in [0.717, 1.165) is 16.9 Å². The molecule has 18 heavy (non-hydrogen) atoms. The lowest BCUT2D eigenvalue weighted by Crippen LogP contribution is -2.03. The second-order valence-electron chi connectivity index (χ2n) is 3.59. The first-order valence-corrected chi connectivity index (χ1v) is 6.90. The molecule has 0 aliphatic carbocycles. The van der Waals surface area contributed by atoms with Crippen LogP contribution in [-0.2, 0) is 6.42 Å². The van der Waals surface area contributed by atoms with Crippen molar-refractivity contribution in [3.05, 3.63) is 46.2 Å². The Balaban J connectivity index is 2.10. The van der Waals surface area contributed by atoms with Gasteiger partial charge in [0.25, 0.3) is 0 Å². The zero-order valence-electron chi connectivity index (χ0n) is 9.44. The van der Waals surface area contributed by atoms with Crippen molar-refractivity contribution in [3.63, 3.8) is 0 Å². The number of benzene rings is 1. The van der Waals surface area contributed by atoms with Gasteiger partial charge in [-0.25, -0.2) is 9.97 Å². The van der Waals surface area contributed by atoms with E-state index in [1.165, 1.54) is 11.8 Å². The summed E-state index contributed by atoms with van der Waals surface area (Å²) in [4.78, 5) is 9.48. The molecule has 0 radical (unpaired) electrons. The summed E-state index contributed by atoms with van der Waals surface area (Å²) < 4.78 is 0. The molecule has 0 fully saturated rings. The summed E-state index contributed by atoms with van der Waals surface area (Å²) in [6.45, 7) is 0.600. The monoisotopic (exact) mass is 299 g/mol. The first kappa shape index (κ1) is 13.6. The van der Waals surface area contributed by atoms with Crippen molar-refractivity contribution in [1.82, 2.24) is 9.97 Å². The summed E-state index contributed by atoms with van der Waals surface area (Å²) in [5, 5.41) is 1.75.